The van der Waals surface area contributed by atoms with Crippen molar-refractivity contribution in [3.05, 3.63) is 48.0 Å². The summed E-state index contributed by atoms with van der Waals surface area (Å²) in [5, 5.41) is 2.91. The van der Waals surface area contributed by atoms with Gasteiger partial charge >= 0.3 is 0 Å². The summed E-state index contributed by atoms with van der Waals surface area (Å²) in [6.07, 6.45) is 2.10. The molecule has 1 heterocycles. The summed E-state index contributed by atoms with van der Waals surface area (Å²) in [4.78, 5) is 28.5. The summed E-state index contributed by atoms with van der Waals surface area (Å²) in [7, 11) is -2.29. The first-order valence-electron chi connectivity index (χ1n) is 12.8. The van der Waals surface area contributed by atoms with E-state index in [1.165, 1.54) is 11.8 Å². The van der Waals surface area contributed by atoms with Gasteiger partial charge in [0.1, 0.15) is 18.3 Å². The lowest BCUT2D eigenvalue weighted by Gasteiger charge is -2.33. The first kappa shape index (κ1) is 29.1. The van der Waals surface area contributed by atoms with Gasteiger partial charge in [0.2, 0.25) is 28.6 Å². The number of hydrogen-bond acceptors (Lipinski definition) is 7. The van der Waals surface area contributed by atoms with Crippen molar-refractivity contribution in [2.75, 3.05) is 37.1 Å². The van der Waals surface area contributed by atoms with Gasteiger partial charge in [0.15, 0.2) is 11.5 Å². The number of amides is 2. The minimum atomic E-state index is -3.84. The summed E-state index contributed by atoms with van der Waals surface area (Å²) < 4.78 is 43.4. The molecule has 0 fully saturated rings. The summed E-state index contributed by atoms with van der Waals surface area (Å²) in [6.45, 7) is 5.55. The Morgan fingerprint density at radius 2 is 1.84 bits per heavy atom. The summed E-state index contributed by atoms with van der Waals surface area (Å²) in [5.74, 6) is 0.542. The number of nitrogens with one attached hydrogen (secondary N) is 1. The number of rotatable bonds is 14. The molecule has 1 N–H and O–H groups in total. The highest BCUT2D eigenvalue weighted by atomic mass is 32.2. The van der Waals surface area contributed by atoms with Gasteiger partial charge in [0.05, 0.1) is 18.6 Å². The number of methoxy groups -OCH3 is 1. The molecule has 11 heteroatoms. The Morgan fingerprint density at radius 3 is 2.53 bits per heavy atom. The number of fused-ring (bicyclic) bond motifs is 1. The molecular weight excluding hydrogens is 510 g/mol. The van der Waals surface area contributed by atoms with E-state index < -0.39 is 28.5 Å². The van der Waals surface area contributed by atoms with Crippen LogP contribution in [0.5, 0.6) is 17.2 Å². The SMILES string of the molecule is CCCCNC(=O)[C@H](CC)N(Cc1cccc(OC)c1)C(=O)CN(c1ccc2c(c1)OCO2)S(=O)(=O)CC. The van der Waals surface area contributed by atoms with Gasteiger partial charge < -0.3 is 24.4 Å². The molecule has 2 aromatic rings. The van der Waals surface area contributed by atoms with E-state index in [0.29, 0.717) is 30.2 Å². The molecule has 0 bridgehead atoms. The molecule has 0 aliphatic carbocycles. The van der Waals surface area contributed by atoms with Crippen LogP contribution in [0.15, 0.2) is 42.5 Å². The van der Waals surface area contributed by atoms with Crippen LogP contribution in [0.25, 0.3) is 0 Å². The molecule has 0 aromatic heterocycles. The predicted octanol–water partition coefficient (Wildman–Crippen LogP) is 3.30. The molecular formula is C27H37N3O7S. The van der Waals surface area contributed by atoms with E-state index >= 15 is 0 Å². The Hall–Kier alpha value is -3.47. The third-order valence-electron chi connectivity index (χ3n) is 6.33. The number of unbranched alkanes of at least 4 members (excludes halogenated alkanes) is 1. The molecule has 1 aliphatic rings. The fourth-order valence-corrected chi connectivity index (χ4v) is 5.21. The molecule has 0 spiro atoms. The monoisotopic (exact) mass is 547 g/mol. The zero-order valence-corrected chi connectivity index (χ0v) is 23.3. The van der Waals surface area contributed by atoms with Gasteiger partial charge in [-0.05, 0) is 49.6 Å². The van der Waals surface area contributed by atoms with E-state index in [0.717, 1.165) is 22.7 Å². The zero-order chi connectivity index (χ0) is 27.7. The average molecular weight is 548 g/mol. The number of sulfonamides is 1. The van der Waals surface area contributed by atoms with Crippen molar-refractivity contribution in [2.24, 2.45) is 0 Å². The standard InChI is InChI=1S/C27H37N3O7S/c1-5-8-14-28-27(32)23(6-2)29(17-20-10-9-11-22(15-20)35-4)26(31)18-30(38(33,34)7-3)21-12-13-24-25(16-21)37-19-36-24/h9-13,15-16,23H,5-8,14,17-19H2,1-4H3,(H,28,32)/t23-/m0/s1. The van der Waals surface area contributed by atoms with E-state index in [2.05, 4.69) is 5.32 Å². The number of carbonyl (C=O) groups is 2. The molecule has 0 saturated heterocycles. The van der Waals surface area contributed by atoms with E-state index in [9.17, 15) is 18.0 Å². The first-order chi connectivity index (χ1) is 18.2. The molecule has 0 radical (unpaired) electrons. The van der Waals surface area contributed by atoms with Crippen LogP contribution in [-0.4, -0.2) is 63.9 Å². The molecule has 2 aromatic carbocycles. The molecule has 10 nitrogen and oxygen atoms in total. The molecule has 0 saturated carbocycles. The lowest BCUT2D eigenvalue weighted by Crippen LogP contribution is -2.52. The van der Waals surface area contributed by atoms with Gasteiger partial charge in [-0.15, -0.1) is 0 Å². The van der Waals surface area contributed by atoms with Crippen molar-refractivity contribution < 1.29 is 32.2 Å². The Balaban J connectivity index is 1.96. The Kier molecular flexibility index (Phi) is 10.2. The second-order valence-corrected chi connectivity index (χ2v) is 11.1. The van der Waals surface area contributed by atoms with Crippen LogP contribution in [-0.2, 0) is 26.2 Å². The molecule has 0 unspecified atom stereocenters. The van der Waals surface area contributed by atoms with Crippen molar-refractivity contribution in [1.29, 1.82) is 0 Å². The maximum Gasteiger partial charge on any atom is 0.244 e. The predicted molar refractivity (Wildman–Crippen MR) is 145 cm³/mol. The third-order valence-corrected chi connectivity index (χ3v) is 8.07. The van der Waals surface area contributed by atoms with Crippen LogP contribution >= 0.6 is 0 Å². The highest BCUT2D eigenvalue weighted by Gasteiger charge is 2.33. The number of ether oxygens (including phenoxy) is 3. The van der Waals surface area contributed by atoms with Crippen molar-refractivity contribution in [2.45, 2.75) is 52.6 Å². The van der Waals surface area contributed by atoms with Crippen molar-refractivity contribution >= 4 is 27.5 Å². The van der Waals surface area contributed by atoms with E-state index in [4.69, 9.17) is 14.2 Å². The van der Waals surface area contributed by atoms with Gasteiger partial charge in [-0.25, -0.2) is 8.42 Å². The average Bonchev–Trinajstić information content (AvgIpc) is 3.39. The Bertz CT molecular complexity index is 1220. The number of anilines is 1. The maximum atomic E-state index is 13.9. The van der Waals surface area contributed by atoms with Crippen molar-refractivity contribution in [3.63, 3.8) is 0 Å². The fourth-order valence-electron chi connectivity index (χ4n) is 4.15. The molecule has 3 rings (SSSR count). The number of hydrogen-bond donors (Lipinski definition) is 1. The van der Waals surface area contributed by atoms with E-state index in [1.807, 2.05) is 19.9 Å². The highest BCUT2D eigenvalue weighted by Crippen LogP contribution is 2.36. The van der Waals surface area contributed by atoms with Crippen LogP contribution in [0.2, 0.25) is 0 Å². The third kappa shape index (κ3) is 7.09. The zero-order valence-electron chi connectivity index (χ0n) is 22.4. The van der Waals surface area contributed by atoms with Crippen LogP contribution in [0.4, 0.5) is 5.69 Å². The van der Waals surface area contributed by atoms with Crippen LogP contribution < -0.4 is 23.8 Å². The van der Waals surface area contributed by atoms with Gasteiger partial charge in [0, 0.05) is 19.2 Å². The fraction of sp³-hybridized carbons (Fsp3) is 0.481. The Labute approximate surface area is 224 Å². The molecule has 1 aliphatic heterocycles. The summed E-state index contributed by atoms with van der Waals surface area (Å²) in [6, 6.07) is 11.2. The molecule has 1 atom stereocenters. The van der Waals surface area contributed by atoms with Gasteiger partial charge in [0.25, 0.3) is 0 Å². The van der Waals surface area contributed by atoms with Crippen molar-refractivity contribution in [1.82, 2.24) is 10.2 Å². The topological polar surface area (TPSA) is 114 Å². The lowest BCUT2D eigenvalue weighted by molar-refractivity contribution is -0.140. The maximum absolute atomic E-state index is 13.9. The largest absolute Gasteiger partial charge is 0.497 e. The summed E-state index contributed by atoms with van der Waals surface area (Å²) >= 11 is 0. The minimum absolute atomic E-state index is 0.0396. The smallest absolute Gasteiger partial charge is 0.244 e. The molecule has 2 amide bonds. The van der Waals surface area contributed by atoms with E-state index in [-0.39, 0.29) is 30.7 Å². The quantitative estimate of drug-likeness (QED) is 0.361. The minimum Gasteiger partial charge on any atom is -0.497 e. The normalized spacial score (nSPS) is 13.1. The van der Waals surface area contributed by atoms with Crippen LogP contribution in [0.1, 0.15) is 45.6 Å². The highest BCUT2D eigenvalue weighted by molar-refractivity contribution is 7.92. The molecule has 38 heavy (non-hydrogen) atoms. The van der Waals surface area contributed by atoms with Crippen molar-refractivity contribution in [3.8, 4) is 17.2 Å². The Morgan fingerprint density at radius 1 is 1.08 bits per heavy atom. The molecule has 208 valence electrons. The van der Waals surface area contributed by atoms with Crippen LogP contribution in [0, 0.1) is 0 Å². The lowest BCUT2D eigenvalue weighted by atomic mass is 10.1. The second-order valence-electron chi connectivity index (χ2n) is 8.89. The number of carbonyl (C=O) groups excluding carboxylic acids is 2. The van der Waals surface area contributed by atoms with Gasteiger partial charge in [-0.3, -0.25) is 13.9 Å². The summed E-state index contributed by atoms with van der Waals surface area (Å²) in [5.41, 5.74) is 1.04. The number of benzene rings is 2. The number of nitrogens with zero attached hydrogens (tertiary/aromatic N) is 2. The van der Waals surface area contributed by atoms with E-state index in [1.54, 1.807) is 43.5 Å². The second kappa shape index (κ2) is 13.4. The van der Waals surface area contributed by atoms with Gasteiger partial charge in [-0.2, -0.15) is 0 Å². The van der Waals surface area contributed by atoms with Gasteiger partial charge in [-0.1, -0.05) is 32.4 Å². The van der Waals surface area contributed by atoms with Crippen LogP contribution in [0.3, 0.4) is 0 Å². The first-order valence-corrected chi connectivity index (χ1v) is 14.4.